The standard InChI is InChI=1S/C21H25F2N3O5.HI/c1-24-21(25-7-4-8-28-16-6-3-5-15(10-16)27-2)26-12-14-9-18-19(30-13-29-18)11-17(14)31-20(22)23;/h3,5-6,9-11,20H,4,7-8,12-13H2,1-2H3,(H2,24,25,26);1H. The van der Waals surface area contributed by atoms with Gasteiger partial charge in [-0.1, -0.05) is 6.07 Å². The van der Waals surface area contributed by atoms with Gasteiger partial charge in [0.05, 0.1) is 13.7 Å². The van der Waals surface area contributed by atoms with Gasteiger partial charge in [-0.15, -0.1) is 24.0 Å². The summed E-state index contributed by atoms with van der Waals surface area (Å²) in [5, 5.41) is 6.22. The highest BCUT2D eigenvalue weighted by molar-refractivity contribution is 14.0. The molecule has 2 aromatic rings. The Bertz CT molecular complexity index is 902. The molecular formula is C21H26F2IN3O5. The van der Waals surface area contributed by atoms with Crippen molar-refractivity contribution in [1.82, 2.24) is 10.6 Å². The highest BCUT2D eigenvalue weighted by atomic mass is 127. The number of rotatable bonds is 10. The van der Waals surface area contributed by atoms with Gasteiger partial charge in [0.15, 0.2) is 17.5 Å². The summed E-state index contributed by atoms with van der Waals surface area (Å²) in [4.78, 5) is 4.14. The van der Waals surface area contributed by atoms with Crippen LogP contribution in [0, 0.1) is 0 Å². The summed E-state index contributed by atoms with van der Waals surface area (Å²) in [5.74, 6) is 2.86. The Hall–Kier alpha value is -2.70. The second kappa shape index (κ2) is 13.0. The predicted octanol–water partition coefficient (Wildman–Crippen LogP) is 3.78. The van der Waals surface area contributed by atoms with Crippen LogP contribution in [0.25, 0.3) is 0 Å². The van der Waals surface area contributed by atoms with E-state index in [0.717, 1.165) is 17.9 Å². The number of aliphatic imine (C=N–C) groups is 1. The number of hydrogen-bond acceptors (Lipinski definition) is 6. The van der Waals surface area contributed by atoms with Gasteiger partial charge in [0.2, 0.25) is 6.79 Å². The predicted molar refractivity (Wildman–Crippen MR) is 126 cm³/mol. The van der Waals surface area contributed by atoms with Crippen molar-refractivity contribution >= 4 is 29.9 Å². The number of fused-ring (bicyclic) bond motifs is 1. The molecule has 0 saturated carbocycles. The highest BCUT2D eigenvalue weighted by Gasteiger charge is 2.20. The molecule has 0 unspecified atom stereocenters. The fourth-order valence-electron chi connectivity index (χ4n) is 2.87. The van der Waals surface area contributed by atoms with E-state index in [4.69, 9.17) is 18.9 Å². The normalized spacial score (nSPS) is 12.2. The van der Waals surface area contributed by atoms with Crippen molar-refractivity contribution in [2.75, 3.05) is 34.1 Å². The number of alkyl halides is 2. The van der Waals surface area contributed by atoms with Crippen LogP contribution in [0.2, 0.25) is 0 Å². The largest absolute Gasteiger partial charge is 0.497 e. The van der Waals surface area contributed by atoms with Crippen molar-refractivity contribution in [2.45, 2.75) is 19.6 Å². The second-order valence-electron chi connectivity index (χ2n) is 6.43. The molecule has 0 aliphatic carbocycles. The van der Waals surface area contributed by atoms with Gasteiger partial charge in [-0.3, -0.25) is 4.99 Å². The molecule has 3 rings (SSSR count). The molecular weight excluding hydrogens is 539 g/mol. The van der Waals surface area contributed by atoms with E-state index >= 15 is 0 Å². The first kappa shape index (κ1) is 25.6. The molecule has 176 valence electrons. The van der Waals surface area contributed by atoms with Crippen molar-refractivity contribution in [3.8, 4) is 28.7 Å². The second-order valence-corrected chi connectivity index (χ2v) is 6.43. The molecule has 0 bridgehead atoms. The number of nitrogens with one attached hydrogen (secondary N) is 2. The monoisotopic (exact) mass is 565 g/mol. The SMILES string of the molecule is CN=C(NCCCOc1cccc(OC)c1)NCc1cc2c(cc1OC(F)F)OCO2.I. The summed E-state index contributed by atoms with van der Waals surface area (Å²) in [6.45, 7) is -1.59. The Balaban J connectivity index is 0.00000363. The smallest absolute Gasteiger partial charge is 0.387 e. The quantitative estimate of drug-likeness (QED) is 0.197. The van der Waals surface area contributed by atoms with Crippen LogP contribution in [0.5, 0.6) is 28.7 Å². The molecule has 0 spiro atoms. The molecule has 8 nitrogen and oxygen atoms in total. The molecule has 0 amide bonds. The third-order valence-electron chi connectivity index (χ3n) is 4.37. The van der Waals surface area contributed by atoms with Crippen LogP contribution >= 0.6 is 24.0 Å². The molecule has 1 aliphatic rings. The van der Waals surface area contributed by atoms with E-state index in [0.29, 0.717) is 36.2 Å². The summed E-state index contributed by atoms with van der Waals surface area (Å²) < 4.78 is 51.5. The van der Waals surface area contributed by atoms with Crippen molar-refractivity contribution in [2.24, 2.45) is 4.99 Å². The van der Waals surface area contributed by atoms with Gasteiger partial charge in [0.25, 0.3) is 0 Å². The van der Waals surface area contributed by atoms with E-state index in [9.17, 15) is 8.78 Å². The van der Waals surface area contributed by atoms with E-state index in [1.54, 1.807) is 20.2 Å². The van der Waals surface area contributed by atoms with E-state index in [1.807, 2.05) is 24.3 Å². The highest BCUT2D eigenvalue weighted by Crippen LogP contribution is 2.38. The summed E-state index contributed by atoms with van der Waals surface area (Å²) in [6.07, 6.45) is 0.724. The Morgan fingerprint density at radius 3 is 2.59 bits per heavy atom. The van der Waals surface area contributed by atoms with E-state index < -0.39 is 6.61 Å². The Kier molecular flexibility index (Phi) is 10.4. The fourth-order valence-corrected chi connectivity index (χ4v) is 2.87. The number of benzene rings is 2. The number of hydrogen-bond donors (Lipinski definition) is 2. The zero-order valence-electron chi connectivity index (χ0n) is 17.7. The number of ether oxygens (including phenoxy) is 5. The summed E-state index contributed by atoms with van der Waals surface area (Å²) in [6, 6.07) is 10.4. The van der Waals surface area contributed by atoms with Gasteiger partial charge in [-0.05, 0) is 24.6 Å². The topological polar surface area (TPSA) is 82.6 Å². The van der Waals surface area contributed by atoms with E-state index in [1.165, 1.54) is 6.07 Å². The molecule has 0 aromatic heterocycles. The van der Waals surface area contributed by atoms with Crippen LogP contribution in [0.1, 0.15) is 12.0 Å². The average molecular weight is 565 g/mol. The molecule has 0 fully saturated rings. The lowest BCUT2D eigenvalue weighted by atomic mass is 10.1. The minimum atomic E-state index is -2.94. The van der Waals surface area contributed by atoms with Crippen LogP contribution in [0.15, 0.2) is 41.4 Å². The van der Waals surface area contributed by atoms with Crippen LogP contribution in [0.3, 0.4) is 0 Å². The molecule has 1 aliphatic heterocycles. The number of guanidine groups is 1. The van der Waals surface area contributed by atoms with Crippen LogP contribution in [0.4, 0.5) is 8.78 Å². The summed E-state index contributed by atoms with van der Waals surface area (Å²) >= 11 is 0. The van der Waals surface area contributed by atoms with E-state index in [2.05, 4.69) is 20.4 Å². The molecule has 0 saturated heterocycles. The molecule has 0 atom stereocenters. The first-order valence-corrected chi connectivity index (χ1v) is 9.67. The molecule has 1 heterocycles. The van der Waals surface area contributed by atoms with Crippen LogP contribution < -0.4 is 34.3 Å². The minimum absolute atomic E-state index is 0. The zero-order chi connectivity index (χ0) is 22.1. The fraction of sp³-hybridized carbons (Fsp3) is 0.381. The number of nitrogens with zero attached hydrogens (tertiary/aromatic N) is 1. The van der Waals surface area contributed by atoms with Gasteiger partial charge in [-0.25, -0.2) is 0 Å². The summed E-state index contributed by atoms with van der Waals surface area (Å²) in [7, 11) is 3.23. The van der Waals surface area contributed by atoms with E-state index in [-0.39, 0.29) is 43.1 Å². The molecule has 11 heteroatoms. The third kappa shape index (κ3) is 7.46. The van der Waals surface area contributed by atoms with Gasteiger partial charge < -0.3 is 34.3 Å². The summed E-state index contributed by atoms with van der Waals surface area (Å²) in [5.41, 5.74) is 0.494. The first-order valence-electron chi connectivity index (χ1n) is 9.67. The Morgan fingerprint density at radius 2 is 1.88 bits per heavy atom. The lowest BCUT2D eigenvalue weighted by Crippen LogP contribution is -2.37. The van der Waals surface area contributed by atoms with Gasteiger partial charge >= 0.3 is 6.61 Å². The average Bonchev–Trinajstić information content (AvgIpc) is 3.22. The zero-order valence-corrected chi connectivity index (χ0v) is 20.1. The maximum atomic E-state index is 12.8. The van der Waals surface area contributed by atoms with Crippen LogP contribution in [-0.4, -0.2) is 46.7 Å². The van der Waals surface area contributed by atoms with Gasteiger partial charge in [0, 0.05) is 37.8 Å². The number of methoxy groups -OCH3 is 1. The minimum Gasteiger partial charge on any atom is -0.497 e. The first-order chi connectivity index (χ1) is 15.1. The third-order valence-corrected chi connectivity index (χ3v) is 4.37. The maximum absolute atomic E-state index is 12.8. The molecule has 32 heavy (non-hydrogen) atoms. The molecule has 2 N–H and O–H groups in total. The Morgan fingerprint density at radius 1 is 1.12 bits per heavy atom. The molecule has 2 aromatic carbocycles. The Labute approximate surface area is 202 Å². The maximum Gasteiger partial charge on any atom is 0.387 e. The van der Waals surface area contributed by atoms with Crippen molar-refractivity contribution in [3.05, 3.63) is 42.0 Å². The lowest BCUT2D eigenvalue weighted by Gasteiger charge is -2.15. The number of halogens is 3. The lowest BCUT2D eigenvalue weighted by molar-refractivity contribution is -0.0505. The van der Waals surface area contributed by atoms with Gasteiger partial charge in [0.1, 0.15) is 17.2 Å². The van der Waals surface area contributed by atoms with Crippen molar-refractivity contribution in [3.63, 3.8) is 0 Å². The van der Waals surface area contributed by atoms with Crippen molar-refractivity contribution < 1.29 is 32.5 Å². The van der Waals surface area contributed by atoms with Crippen LogP contribution in [-0.2, 0) is 6.54 Å². The van der Waals surface area contributed by atoms with Gasteiger partial charge in [-0.2, -0.15) is 8.78 Å². The van der Waals surface area contributed by atoms with Crippen molar-refractivity contribution in [1.29, 1.82) is 0 Å². The molecule has 0 radical (unpaired) electrons.